The molecule has 28 heavy (non-hydrogen) atoms. The normalized spacial score (nSPS) is 10.8. The largest absolute Gasteiger partial charge is 0.368 e. The van der Waals surface area contributed by atoms with Gasteiger partial charge in [-0.15, -0.1) is 0 Å². The summed E-state index contributed by atoms with van der Waals surface area (Å²) in [6.45, 7) is 1.17. The molecule has 0 aliphatic heterocycles. The van der Waals surface area contributed by atoms with E-state index in [9.17, 15) is 4.39 Å². The molecule has 0 spiro atoms. The Morgan fingerprint density at radius 3 is 2.61 bits per heavy atom. The minimum Gasteiger partial charge on any atom is -0.368 e. The molecule has 1 aromatic carbocycles. The number of nitrogens with zero attached hydrogens (tertiary/aromatic N) is 5. The number of hydrogen-bond acceptors (Lipinski definition) is 7. The summed E-state index contributed by atoms with van der Waals surface area (Å²) in [5, 5.41) is 6.43. The van der Waals surface area contributed by atoms with Gasteiger partial charge in [0.25, 0.3) is 0 Å². The van der Waals surface area contributed by atoms with Crippen LogP contribution in [0.25, 0.3) is 22.6 Å². The first-order valence-corrected chi connectivity index (χ1v) is 9.33. The van der Waals surface area contributed by atoms with Crippen LogP contribution in [0.1, 0.15) is 0 Å². The van der Waals surface area contributed by atoms with E-state index in [2.05, 4.69) is 51.5 Å². The van der Waals surface area contributed by atoms with Crippen molar-refractivity contribution in [2.24, 2.45) is 0 Å². The predicted octanol–water partition coefficient (Wildman–Crippen LogP) is 3.91. The summed E-state index contributed by atoms with van der Waals surface area (Å²) in [4.78, 5) is 21.6. The van der Waals surface area contributed by atoms with Crippen LogP contribution in [-0.4, -0.2) is 38.0 Å². The van der Waals surface area contributed by atoms with E-state index in [1.807, 2.05) is 18.2 Å². The third-order valence-electron chi connectivity index (χ3n) is 3.89. The van der Waals surface area contributed by atoms with Gasteiger partial charge in [-0.05, 0) is 30.3 Å². The molecule has 4 rings (SSSR count). The van der Waals surface area contributed by atoms with Crippen LogP contribution in [0, 0.1) is 5.82 Å². The molecule has 0 atom stereocenters. The van der Waals surface area contributed by atoms with E-state index in [1.54, 1.807) is 30.7 Å². The van der Waals surface area contributed by atoms with Crippen molar-refractivity contribution in [2.75, 3.05) is 23.7 Å². The molecule has 140 valence electrons. The van der Waals surface area contributed by atoms with Crippen molar-refractivity contribution in [3.8, 4) is 11.4 Å². The summed E-state index contributed by atoms with van der Waals surface area (Å²) in [5.41, 5.74) is 1.21. The standard InChI is InChI=1S/C19H15BrFN7/c20-12-4-5-14(21)13(11-12)17-27-18(16-19(28-17)26-10-8-24-16)25-9-7-23-15-3-1-2-6-22-15/h1-6,8,10-11H,7,9H2,(H,22,23)(H,25,26,27,28). The molecule has 0 aliphatic carbocycles. The van der Waals surface area contributed by atoms with Crippen LogP contribution in [0.15, 0.2) is 59.5 Å². The van der Waals surface area contributed by atoms with E-state index in [0.29, 0.717) is 30.1 Å². The molecule has 0 radical (unpaired) electrons. The lowest BCUT2D eigenvalue weighted by Crippen LogP contribution is -2.16. The van der Waals surface area contributed by atoms with Crippen molar-refractivity contribution in [3.05, 3.63) is 65.3 Å². The predicted molar refractivity (Wildman–Crippen MR) is 109 cm³/mol. The van der Waals surface area contributed by atoms with Crippen molar-refractivity contribution in [2.45, 2.75) is 0 Å². The van der Waals surface area contributed by atoms with Gasteiger partial charge >= 0.3 is 0 Å². The maximum Gasteiger partial charge on any atom is 0.184 e. The van der Waals surface area contributed by atoms with Gasteiger partial charge in [0.1, 0.15) is 17.2 Å². The van der Waals surface area contributed by atoms with Gasteiger partial charge in [0, 0.05) is 36.2 Å². The molecule has 3 heterocycles. The average molecular weight is 440 g/mol. The van der Waals surface area contributed by atoms with Gasteiger partial charge in [-0.3, -0.25) is 0 Å². The Hall–Kier alpha value is -3.20. The quantitative estimate of drug-likeness (QED) is 0.440. The Morgan fingerprint density at radius 1 is 0.893 bits per heavy atom. The minimum atomic E-state index is -0.408. The van der Waals surface area contributed by atoms with Gasteiger partial charge in [0.2, 0.25) is 0 Å². The van der Waals surface area contributed by atoms with Gasteiger partial charge in [0.05, 0.1) is 5.56 Å². The molecule has 0 saturated heterocycles. The lowest BCUT2D eigenvalue weighted by Gasteiger charge is -2.11. The van der Waals surface area contributed by atoms with Crippen molar-refractivity contribution in [3.63, 3.8) is 0 Å². The molecule has 0 bridgehead atoms. The maximum atomic E-state index is 14.3. The number of benzene rings is 1. The first-order chi connectivity index (χ1) is 13.7. The molecule has 2 N–H and O–H groups in total. The highest BCUT2D eigenvalue weighted by atomic mass is 79.9. The summed E-state index contributed by atoms with van der Waals surface area (Å²) in [7, 11) is 0. The number of rotatable bonds is 6. The monoisotopic (exact) mass is 439 g/mol. The average Bonchev–Trinajstić information content (AvgIpc) is 2.73. The van der Waals surface area contributed by atoms with Gasteiger partial charge in [-0.25, -0.2) is 29.3 Å². The minimum absolute atomic E-state index is 0.243. The molecular formula is C19H15BrFN7. The van der Waals surface area contributed by atoms with Crippen LogP contribution in [0.5, 0.6) is 0 Å². The fourth-order valence-electron chi connectivity index (χ4n) is 2.62. The summed E-state index contributed by atoms with van der Waals surface area (Å²) in [5.74, 6) is 1.12. The molecule has 4 aromatic rings. The summed E-state index contributed by atoms with van der Waals surface area (Å²) in [6.07, 6.45) is 4.84. The summed E-state index contributed by atoms with van der Waals surface area (Å²) < 4.78 is 15.0. The smallest absolute Gasteiger partial charge is 0.184 e. The Balaban J connectivity index is 1.60. The fourth-order valence-corrected chi connectivity index (χ4v) is 2.98. The van der Waals surface area contributed by atoms with Gasteiger partial charge < -0.3 is 10.6 Å². The van der Waals surface area contributed by atoms with Gasteiger partial charge in [0.15, 0.2) is 17.3 Å². The van der Waals surface area contributed by atoms with E-state index in [-0.39, 0.29) is 11.4 Å². The topological polar surface area (TPSA) is 88.5 Å². The first-order valence-electron chi connectivity index (χ1n) is 8.53. The zero-order chi connectivity index (χ0) is 19.3. The van der Waals surface area contributed by atoms with E-state index < -0.39 is 5.82 Å². The molecule has 0 unspecified atom stereocenters. The number of fused-ring (bicyclic) bond motifs is 1. The van der Waals surface area contributed by atoms with Gasteiger partial charge in [-0.1, -0.05) is 22.0 Å². The molecule has 0 aliphatic rings. The van der Waals surface area contributed by atoms with Crippen LogP contribution in [-0.2, 0) is 0 Å². The zero-order valence-corrected chi connectivity index (χ0v) is 16.2. The second kappa shape index (κ2) is 8.22. The highest BCUT2D eigenvalue weighted by Gasteiger charge is 2.14. The molecule has 3 aromatic heterocycles. The van der Waals surface area contributed by atoms with Crippen molar-refractivity contribution >= 4 is 38.7 Å². The van der Waals surface area contributed by atoms with E-state index in [4.69, 9.17) is 0 Å². The fraction of sp³-hybridized carbons (Fsp3) is 0.105. The molecule has 0 amide bonds. The summed E-state index contributed by atoms with van der Waals surface area (Å²) in [6, 6.07) is 10.3. The van der Waals surface area contributed by atoms with E-state index in [1.165, 1.54) is 6.07 Å². The van der Waals surface area contributed by atoms with Crippen molar-refractivity contribution in [1.29, 1.82) is 0 Å². The van der Waals surface area contributed by atoms with Crippen molar-refractivity contribution < 1.29 is 4.39 Å². The maximum absolute atomic E-state index is 14.3. The number of pyridine rings is 1. The third kappa shape index (κ3) is 4.04. The molecule has 9 heteroatoms. The second-order valence-electron chi connectivity index (χ2n) is 5.82. The number of hydrogen-bond donors (Lipinski definition) is 2. The lowest BCUT2D eigenvalue weighted by molar-refractivity contribution is 0.630. The van der Waals surface area contributed by atoms with E-state index >= 15 is 0 Å². The number of nitrogens with one attached hydrogen (secondary N) is 2. The number of anilines is 2. The number of halogens is 2. The van der Waals surface area contributed by atoms with E-state index in [0.717, 1.165) is 10.3 Å². The SMILES string of the molecule is Fc1ccc(Br)cc1-c1nc(NCCNc2ccccn2)c2nccnc2n1. The lowest BCUT2D eigenvalue weighted by atomic mass is 10.2. The van der Waals surface area contributed by atoms with Crippen LogP contribution >= 0.6 is 15.9 Å². The Bertz CT molecular complexity index is 1110. The van der Waals surface area contributed by atoms with Crippen LogP contribution in [0.3, 0.4) is 0 Å². The Morgan fingerprint density at radius 2 is 1.75 bits per heavy atom. The summed E-state index contributed by atoms with van der Waals surface area (Å²) >= 11 is 3.36. The van der Waals surface area contributed by atoms with Gasteiger partial charge in [-0.2, -0.15) is 0 Å². The zero-order valence-electron chi connectivity index (χ0n) is 14.6. The Kier molecular flexibility index (Phi) is 5.34. The molecular weight excluding hydrogens is 425 g/mol. The van der Waals surface area contributed by atoms with Crippen LogP contribution < -0.4 is 10.6 Å². The molecule has 0 fully saturated rings. The Labute approximate surface area is 168 Å². The van der Waals surface area contributed by atoms with Crippen LogP contribution in [0.4, 0.5) is 16.0 Å². The molecule has 0 saturated carbocycles. The first kappa shape index (κ1) is 18.2. The molecule has 7 nitrogen and oxygen atoms in total. The second-order valence-corrected chi connectivity index (χ2v) is 6.73. The highest BCUT2D eigenvalue weighted by Crippen LogP contribution is 2.26. The number of aromatic nitrogens is 5. The van der Waals surface area contributed by atoms with Crippen molar-refractivity contribution in [1.82, 2.24) is 24.9 Å². The highest BCUT2D eigenvalue weighted by molar-refractivity contribution is 9.10. The third-order valence-corrected chi connectivity index (χ3v) is 4.38. The van der Waals surface area contributed by atoms with Crippen LogP contribution in [0.2, 0.25) is 0 Å².